The lowest BCUT2D eigenvalue weighted by molar-refractivity contribution is 0.0869. The molecule has 0 spiro atoms. The molecule has 0 aliphatic heterocycles. The van der Waals surface area contributed by atoms with Crippen molar-refractivity contribution in [1.82, 2.24) is 5.32 Å². The van der Waals surface area contributed by atoms with Crippen LogP contribution >= 0.6 is 0 Å². The maximum Gasteiger partial charge on any atom is 0.252 e. The van der Waals surface area contributed by atoms with Gasteiger partial charge < -0.3 is 16.2 Å². The van der Waals surface area contributed by atoms with Gasteiger partial charge in [-0.3, -0.25) is 4.79 Å². The zero-order valence-corrected chi connectivity index (χ0v) is 9.87. The number of benzene rings is 1. The predicted molar refractivity (Wildman–Crippen MR) is 64.2 cm³/mol. The highest BCUT2D eigenvalue weighted by atomic mass is 16.3. The number of aryl methyl sites for hydroxylation is 1. The van der Waals surface area contributed by atoms with Gasteiger partial charge in [-0.1, -0.05) is 0 Å². The van der Waals surface area contributed by atoms with Crippen LogP contribution in [0.3, 0.4) is 0 Å². The summed E-state index contributed by atoms with van der Waals surface area (Å²) in [5, 5.41) is 11.8. The summed E-state index contributed by atoms with van der Waals surface area (Å²) >= 11 is 0. The van der Waals surface area contributed by atoms with E-state index in [-0.39, 0.29) is 12.5 Å². The molecule has 4 N–H and O–H groups in total. The first kappa shape index (κ1) is 12.5. The third-order valence-electron chi connectivity index (χ3n) is 2.34. The van der Waals surface area contributed by atoms with E-state index >= 15 is 0 Å². The monoisotopic (exact) mass is 222 g/mol. The number of hydrogen-bond donors (Lipinski definition) is 3. The number of amides is 1. The quantitative estimate of drug-likeness (QED) is 0.670. The molecular weight excluding hydrogens is 204 g/mol. The minimum atomic E-state index is -0.620. The van der Waals surface area contributed by atoms with Gasteiger partial charge in [0.05, 0.1) is 12.1 Å². The largest absolute Gasteiger partial charge is 0.399 e. The van der Waals surface area contributed by atoms with Gasteiger partial charge in [0.2, 0.25) is 0 Å². The van der Waals surface area contributed by atoms with E-state index < -0.39 is 5.54 Å². The fourth-order valence-electron chi connectivity index (χ4n) is 1.36. The normalized spacial score (nSPS) is 11.2. The number of nitrogens with two attached hydrogens (primary N) is 1. The summed E-state index contributed by atoms with van der Waals surface area (Å²) in [5.74, 6) is -0.198. The maximum atomic E-state index is 11.9. The molecule has 1 rings (SSSR count). The van der Waals surface area contributed by atoms with Gasteiger partial charge in [0.1, 0.15) is 0 Å². The summed E-state index contributed by atoms with van der Waals surface area (Å²) in [6.07, 6.45) is 0. The Hall–Kier alpha value is -1.55. The molecule has 0 atom stereocenters. The Bertz CT molecular complexity index is 400. The van der Waals surface area contributed by atoms with Crippen LogP contribution in [0.5, 0.6) is 0 Å². The molecule has 0 bridgehead atoms. The summed E-state index contributed by atoms with van der Waals surface area (Å²) in [6, 6.07) is 5.13. The van der Waals surface area contributed by atoms with Gasteiger partial charge in [0, 0.05) is 11.3 Å². The van der Waals surface area contributed by atoms with E-state index in [0.29, 0.717) is 11.3 Å². The molecule has 1 aromatic carbocycles. The molecule has 0 aromatic heterocycles. The van der Waals surface area contributed by atoms with Crippen molar-refractivity contribution < 1.29 is 9.90 Å². The Morgan fingerprint density at radius 1 is 1.50 bits per heavy atom. The van der Waals surface area contributed by atoms with E-state index in [9.17, 15) is 4.79 Å². The Balaban J connectivity index is 2.89. The summed E-state index contributed by atoms with van der Waals surface area (Å²) in [5.41, 5.74) is 7.03. The first-order valence-corrected chi connectivity index (χ1v) is 5.15. The van der Waals surface area contributed by atoms with Crippen LogP contribution in [0.25, 0.3) is 0 Å². The Kier molecular flexibility index (Phi) is 3.55. The van der Waals surface area contributed by atoms with Crippen LogP contribution in [0.4, 0.5) is 5.69 Å². The van der Waals surface area contributed by atoms with Crippen molar-refractivity contribution in [3.8, 4) is 0 Å². The van der Waals surface area contributed by atoms with E-state index in [1.54, 1.807) is 32.0 Å². The van der Waals surface area contributed by atoms with Crippen molar-refractivity contribution in [2.75, 3.05) is 12.3 Å². The van der Waals surface area contributed by atoms with E-state index in [2.05, 4.69) is 5.32 Å². The number of nitrogen functional groups attached to an aromatic ring is 1. The summed E-state index contributed by atoms with van der Waals surface area (Å²) in [4.78, 5) is 11.9. The Labute approximate surface area is 95.5 Å². The second kappa shape index (κ2) is 4.53. The summed E-state index contributed by atoms with van der Waals surface area (Å²) in [7, 11) is 0. The van der Waals surface area contributed by atoms with Gasteiger partial charge in [0.15, 0.2) is 0 Å². The van der Waals surface area contributed by atoms with Gasteiger partial charge >= 0.3 is 0 Å². The van der Waals surface area contributed by atoms with E-state index in [4.69, 9.17) is 10.8 Å². The highest BCUT2D eigenvalue weighted by molar-refractivity contribution is 5.96. The van der Waals surface area contributed by atoms with Crippen LogP contribution in [0.1, 0.15) is 29.8 Å². The molecule has 0 aliphatic carbocycles. The lowest BCUT2D eigenvalue weighted by Gasteiger charge is -2.23. The maximum absolute atomic E-state index is 11.9. The van der Waals surface area contributed by atoms with Crippen LogP contribution in [0.2, 0.25) is 0 Å². The molecule has 4 nitrogen and oxygen atoms in total. The van der Waals surface area contributed by atoms with Crippen LogP contribution in [0.15, 0.2) is 18.2 Å². The average molecular weight is 222 g/mol. The minimum absolute atomic E-state index is 0.104. The molecule has 0 aliphatic rings. The van der Waals surface area contributed by atoms with Crippen molar-refractivity contribution in [3.05, 3.63) is 29.3 Å². The molecule has 0 radical (unpaired) electrons. The molecule has 0 unspecified atom stereocenters. The number of rotatable bonds is 3. The molecule has 88 valence electrons. The Morgan fingerprint density at radius 3 is 2.62 bits per heavy atom. The molecule has 4 heteroatoms. The average Bonchev–Trinajstić information content (AvgIpc) is 2.16. The van der Waals surface area contributed by atoms with Crippen LogP contribution < -0.4 is 11.1 Å². The standard InChI is InChI=1S/C12H18N2O2/c1-8-6-9(13)4-5-10(8)11(16)14-12(2,3)7-15/h4-6,15H,7,13H2,1-3H3,(H,14,16). The lowest BCUT2D eigenvalue weighted by Crippen LogP contribution is -2.46. The molecular formula is C12H18N2O2. The third kappa shape index (κ3) is 2.97. The number of carbonyl (C=O) groups is 1. The van der Waals surface area contributed by atoms with Crippen molar-refractivity contribution in [2.45, 2.75) is 26.3 Å². The highest BCUT2D eigenvalue weighted by Gasteiger charge is 2.20. The number of hydrogen-bond acceptors (Lipinski definition) is 3. The predicted octanol–water partition coefficient (Wildman–Crippen LogP) is 1.08. The molecule has 1 aromatic rings. The van der Waals surface area contributed by atoms with Gasteiger partial charge in [-0.25, -0.2) is 0 Å². The van der Waals surface area contributed by atoms with Crippen LogP contribution in [-0.2, 0) is 0 Å². The molecule has 1 amide bonds. The van der Waals surface area contributed by atoms with Crippen molar-refractivity contribution in [3.63, 3.8) is 0 Å². The highest BCUT2D eigenvalue weighted by Crippen LogP contribution is 2.13. The Morgan fingerprint density at radius 2 is 2.12 bits per heavy atom. The number of carbonyl (C=O) groups excluding carboxylic acids is 1. The van der Waals surface area contributed by atoms with Gasteiger partial charge in [0.25, 0.3) is 5.91 Å². The number of anilines is 1. The topological polar surface area (TPSA) is 75.4 Å². The van der Waals surface area contributed by atoms with Crippen LogP contribution in [-0.4, -0.2) is 23.2 Å². The number of aliphatic hydroxyl groups excluding tert-OH is 1. The fourth-order valence-corrected chi connectivity index (χ4v) is 1.36. The summed E-state index contributed by atoms with van der Waals surface area (Å²) in [6.45, 7) is 5.25. The SMILES string of the molecule is Cc1cc(N)ccc1C(=O)NC(C)(C)CO. The molecule has 0 saturated carbocycles. The molecule has 16 heavy (non-hydrogen) atoms. The van der Waals surface area contributed by atoms with Crippen molar-refractivity contribution in [2.24, 2.45) is 0 Å². The molecule has 0 saturated heterocycles. The third-order valence-corrected chi connectivity index (χ3v) is 2.34. The first-order chi connectivity index (χ1) is 7.35. The minimum Gasteiger partial charge on any atom is -0.399 e. The summed E-state index contributed by atoms with van der Waals surface area (Å²) < 4.78 is 0. The second-order valence-electron chi connectivity index (χ2n) is 4.57. The zero-order chi connectivity index (χ0) is 12.3. The first-order valence-electron chi connectivity index (χ1n) is 5.15. The van der Waals surface area contributed by atoms with Crippen LogP contribution in [0, 0.1) is 6.92 Å². The lowest BCUT2D eigenvalue weighted by atomic mass is 10.0. The van der Waals surface area contributed by atoms with E-state index in [1.807, 2.05) is 6.92 Å². The smallest absolute Gasteiger partial charge is 0.252 e. The van der Waals surface area contributed by atoms with Gasteiger partial charge in [-0.05, 0) is 44.5 Å². The van der Waals surface area contributed by atoms with Crippen molar-refractivity contribution >= 4 is 11.6 Å². The zero-order valence-electron chi connectivity index (χ0n) is 9.87. The second-order valence-corrected chi connectivity index (χ2v) is 4.57. The van der Waals surface area contributed by atoms with Gasteiger partial charge in [-0.15, -0.1) is 0 Å². The number of nitrogens with one attached hydrogen (secondary N) is 1. The molecule has 0 fully saturated rings. The number of aliphatic hydroxyl groups is 1. The fraction of sp³-hybridized carbons (Fsp3) is 0.417. The van der Waals surface area contributed by atoms with E-state index in [1.165, 1.54) is 0 Å². The van der Waals surface area contributed by atoms with Gasteiger partial charge in [-0.2, -0.15) is 0 Å². The molecule has 0 heterocycles. The van der Waals surface area contributed by atoms with Crippen molar-refractivity contribution in [1.29, 1.82) is 0 Å². The van der Waals surface area contributed by atoms with E-state index in [0.717, 1.165) is 5.56 Å².